The first-order chi connectivity index (χ1) is 20.4. The number of benzene rings is 2. The van der Waals surface area contributed by atoms with Crippen molar-refractivity contribution in [3.05, 3.63) is 99.7 Å². The van der Waals surface area contributed by atoms with Gasteiger partial charge in [0.2, 0.25) is 0 Å². The molecule has 2 saturated heterocycles. The molecule has 2 aliphatic heterocycles. The van der Waals surface area contributed by atoms with Gasteiger partial charge in [0, 0.05) is 57.1 Å². The summed E-state index contributed by atoms with van der Waals surface area (Å²) < 4.78 is 21.3. The number of hydrogen-bond donors (Lipinski definition) is 0. The Balaban J connectivity index is 1.41. The fraction of sp³-hybridized carbons (Fsp3) is 0.364. The molecule has 0 spiro atoms. The van der Waals surface area contributed by atoms with Crippen molar-refractivity contribution in [2.45, 2.75) is 32.0 Å². The van der Waals surface area contributed by atoms with Gasteiger partial charge in [0.15, 0.2) is 0 Å². The highest BCUT2D eigenvalue weighted by atomic mass is 19.1. The number of ether oxygens (including phenoxy) is 1. The van der Waals surface area contributed by atoms with Crippen LogP contribution in [0.2, 0.25) is 0 Å². The highest BCUT2D eigenvalue weighted by Crippen LogP contribution is 2.39. The van der Waals surface area contributed by atoms with E-state index in [4.69, 9.17) is 4.74 Å². The maximum absolute atomic E-state index is 14.1. The van der Waals surface area contributed by atoms with Gasteiger partial charge >= 0.3 is 0 Å². The first-order valence-electron chi connectivity index (χ1n) is 14.5. The van der Waals surface area contributed by atoms with Crippen LogP contribution in [0.5, 0.6) is 0 Å². The van der Waals surface area contributed by atoms with E-state index in [1.165, 1.54) is 23.4 Å². The second kappa shape index (κ2) is 11.6. The van der Waals surface area contributed by atoms with Crippen LogP contribution in [0.4, 0.5) is 15.8 Å². The number of pyridine rings is 2. The molecule has 216 valence electrons. The Bertz CT molecular complexity index is 1690. The summed E-state index contributed by atoms with van der Waals surface area (Å²) in [5.41, 5.74) is 5.67. The Morgan fingerprint density at radius 2 is 1.71 bits per heavy atom. The Morgan fingerprint density at radius 3 is 2.45 bits per heavy atom. The molecule has 0 N–H and O–H groups in total. The number of anilines is 2. The zero-order chi connectivity index (χ0) is 29.4. The van der Waals surface area contributed by atoms with Gasteiger partial charge in [0.25, 0.3) is 5.56 Å². The fourth-order valence-electron chi connectivity index (χ4n) is 6.45. The molecule has 4 heterocycles. The number of aryl methyl sites for hydroxylation is 1. The van der Waals surface area contributed by atoms with E-state index in [9.17, 15) is 14.4 Å². The summed E-state index contributed by atoms with van der Waals surface area (Å²) in [7, 11) is 1.73. The minimum absolute atomic E-state index is 0.0301. The molecule has 0 amide bonds. The number of aromatic nitrogens is 2. The number of rotatable bonds is 5. The molecule has 2 fully saturated rings. The summed E-state index contributed by atoms with van der Waals surface area (Å²) in [5, 5.41) is 9.53. The van der Waals surface area contributed by atoms with Gasteiger partial charge in [-0.15, -0.1) is 0 Å². The van der Waals surface area contributed by atoms with Crippen LogP contribution in [0, 0.1) is 17.1 Å². The van der Waals surface area contributed by atoms with Gasteiger partial charge in [0.1, 0.15) is 23.1 Å². The van der Waals surface area contributed by atoms with Crippen LogP contribution in [0.25, 0.3) is 11.0 Å². The minimum atomic E-state index is -0.257. The average molecular weight is 567 g/mol. The van der Waals surface area contributed by atoms with Gasteiger partial charge in [-0.25, -0.2) is 9.37 Å². The number of fused-ring (bicyclic) bond motifs is 1. The summed E-state index contributed by atoms with van der Waals surface area (Å²) in [6.45, 7) is 8.73. The van der Waals surface area contributed by atoms with Crippen molar-refractivity contribution in [3.8, 4) is 6.07 Å². The van der Waals surface area contributed by atoms with E-state index in [0.29, 0.717) is 43.0 Å². The second-order valence-corrected chi connectivity index (χ2v) is 11.3. The van der Waals surface area contributed by atoms with Gasteiger partial charge < -0.3 is 19.1 Å². The van der Waals surface area contributed by atoms with Crippen LogP contribution < -0.4 is 15.4 Å². The predicted octanol–water partition coefficient (Wildman–Crippen LogP) is 4.47. The zero-order valence-corrected chi connectivity index (χ0v) is 24.2. The quantitative estimate of drug-likeness (QED) is 0.353. The maximum atomic E-state index is 14.1. The highest BCUT2D eigenvalue weighted by Gasteiger charge is 2.37. The summed E-state index contributed by atoms with van der Waals surface area (Å²) in [6.07, 6.45) is 0. The lowest BCUT2D eigenvalue weighted by atomic mass is 9.91. The highest BCUT2D eigenvalue weighted by molar-refractivity contribution is 5.89. The van der Waals surface area contributed by atoms with Crippen LogP contribution in [0.15, 0.2) is 71.5 Å². The van der Waals surface area contributed by atoms with E-state index >= 15 is 0 Å². The summed E-state index contributed by atoms with van der Waals surface area (Å²) >= 11 is 0. The van der Waals surface area contributed by atoms with Crippen LogP contribution in [0.1, 0.15) is 36.7 Å². The number of piperazine rings is 1. The molecule has 0 saturated carbocycles. The first-order valence-corrected chi connectivity index (χ1v) is 14.5. The third kappa shape index (κ3) is 5.13. The van der Waals surface area contributed by atoms with Crippen molar-refractivity contribution in [2.75, 3.05) is 49.2 Å². The van der Waals surface area contributed by atoms with Gasteiger partial charge in [-0.2, -0.15) is 5.26 Å². The zero-order valence-electron chi connectivity index (χ0n) is 24.2. The average Bonchev–Trinajstić information content (AvgIpc) is 3.02. The summed E-state index contributed by atoms with van der Waals surface area (Å²) in [4.78, 5) is 24.7. The summed E-state index contributed by atoms with van der Waals surface area (Å²) in [6, 6.07) is 22.6. The normalized spacial score (nSPS) is 20.5. The number of halogens is 1. The van der Waals surface area contributed by atoms with E-state index in [-0.39, 0.29) is 29.5 Å². The first kappa shape index (κ1) is 27.9. The number of morpholine rings is 1. The lowest BCUT2D eigenvalue weighted by Crippen LogP contribution is -2.57. The third-order valence-electron chi connectivity index (χ3n) is 8.63. The molecule has 4 aromatic rings. The smallest absolute Gasteiger partial charge is 0.252 e. The van der Waals surface area contributed by atoms with Crippen molar-refractivity contribution in [1.82, 2.24) is 14.5 Å². The predicted molar refractivity (Wildman–Crippen MR) is 162 cm³/mol. The van der Waals surface area contributed by atoms with Gasteiger partial charge in [-0.1, -0.05) is 30.3 Å². The van der Waals surface area contributed by atoms with E-state index in [0.717, 1.165) is 24.3 Å². The molecule has 8 nitrogen and oxygen atoms in total. The standard InChI is InChI=1S/C33H35FN6O2/c1-22-21-40(23(2)20-39(22)30-18-31(41)37(3)29-13-12-26(19-35)36-32(29)30)33(24-8-10-25(34)11-9-24)27-6-4-5-7-28(27)38-14-16-42-17-15-38/h4-13,18,22-23,33H,14-17,20-21H2,1-3H3/t22-,23?,33?/m0/s1. The van der Waals surface area contributed by atoms with Crippen LogP contribution in [-0.2, 0) is 11.8 Å². The Labute approximate surface area is 245 Å². The van der Waals surface area contributed by atoms with E-state index < -0.39 is 0 Å². The largest absolute Gasteiger partial charge is 0.378 e. The monoisotopic (exact) mass is 566 g/mol. The van der Waals surface area contributed by atoms with Crippen LogP contribution in [-0.4, -0.2) is 65.9 Å². The third-order valence-corrected chi connectivity index (χ3v) is 8.63. The number of nitrogens with zero attached hydrogens (tertiary/aromatic N) is 6. The SMILES string of the molecule is CC1CN(c2cc(=O)n(C)c3ccc(C#N)nc23)[C@@H](C)CN1C(c1ccc(F)cc1)c1ccccc1N1CCOCC1. The van der Waals surface area contributed by atoms with E-state index in [1.54, 1.807) is 29.8 Å². The lowest BCUT2D eigenvalue weighted by molar-refractivity contribution is 0.120. The van der Waals surface area contributed by atoms with Crippen molar-refractivity contribution < 1.29 is 9.13 Å². The molecule has 2 aromatic heterocycles. The van der Waals surface area contributed by atoms with Crippen molar-refractivity contribution in [2.24, 2.45) is 7.05 Å². The maximum Gasteiger partial charge on any atom is 0.252 e. The van der Waals surface area contributed by atoms with E-state index in [1.807, 2.05) is 12.1 Å². The molecule has 2 unspecified atom stereocenters. The molecule has 42 heavy (non-hydrogen) atoms. The summed E-state index contributed by atoms with van der Waals surface area (Å²) in [5.74, 6) is -0.257. The minimum Gasteiger partial charge on any atom is -0.378 e. The molecule has 0 aliphatic carbocycles. The van der Waals surface area contributed by atoms with Crippen molar-refractivity contribution >= 4 is 22.4 Å². The molecule has 6 rings (SSSR count). The van der Waals surface area contributed by atoms with Crippen molar-refractivity contribution in [3.63, 3.8) is 0 Å². The number of para-hydroxylation sites is 1. The number of hydrogen-bond acceptors (Lipinski definition) is 7. The molecule has 9 heteroatoms. The molecule has 2 aliphatic rings. The van der Waals surface area contributed by atoms with Crippen LogP contribution in [0.3, 0.4) is 0 Å². The Hall–Kier alpha value is -4.26. The van der Waals surface area contributed by atoms with Gasteiger partial charge in [-0.05, 0) is 55.3 Å². The topological polar surface area (TPSA) is 77.6 Å². The van der Waals surface area contributed by atoms with Gasteiger partial charge in [-0.3, -0.25) is 9.69 Å². The molecule has 0 radical (unpaired) electrons. The molecular formula is C33H35FN6O2. The lowest BCUT2D eigenvalue weighted by Gasteiger charge is -2.49. The fourth-order valence-corrected chi connectivity index (χ4v) is 6.45. The van der Waals surface area contributed by atoms with Crippen molar-refractivity contribution in [1.29, 1.82) is 5.26 Å². The Kier molecular flexibility index (Phi) is 7.67. The van der Waals surface area contributed by atoms with E-state index in [2.05, 4.69) is 63.9 Å². The molecular weight excluding hydrogens is 531 g/mol. The van der Waals surface area contributed by atoms with Gasteiger partial charge in [0.05, 0.1) is 30.5 Å². The second-order valence-electron chi connectivity index (χ2n) is 11.3. The van der Waals surface area contributed by atoms with Crippen LogP contribution >= 0.6 is 0 Å². The number of nitriles is 1. The Morgan fingerprint density at radius 1 is 0.976 bits per heavy atom. The molecule has 0 bridgehead atoms. The molecule has 2 aromatic carbocycles. The molecule has 3 atom stereocenters.